The average molecular weight is 429 g/mol. The van der Waals surface area contributed by atoms with E-state index in [1.54, 1.807) is 0 Å². The molecule has 29 heavy (non-hydrogen) atoms. The molecule has 0 aliphatic carbocycles. The summed E-state index contributed by atoms with van der Waals surface area (Å²) < 4.78 is 23.6. The van der Waals surface area contributed by atoms with Crippen molar-refractivity contribution in [1.82, 2.24) is 15.1 Å². The predicted octanol–water partition coefficient (Wildman–Crippen LogP) is 2.62. The Morgan fingerprint density at radius 2 is 1.59 bits per heavy atom. The van der Waals surface area contributed by atoms with Crippen LogP contribution < -0.4 is 5.32 Å². The SMILES string of the molecule is O=C(Nc1nnc(-c2ccccc2)s1)C(c1ccccc1)N1CCS(=O)(=O)CC1. The van der Waals surface area contributed by atoms with E-state index in [1.807, 2.05) is 65.6 Å². The van der Waals surface area contributed by atoms with E-state index >= 15 is 0 Å². The molecule has 1 aliphatic heterocycles. The van der Waals surface area contributed by atoms with E-state index in [-0.39, 0.29) is 17.4 Å². The van der Waals surface area contributed by atoms with Gasteiger partial charge in [-0.25, -0.2) is 8.42 Å². The van der Waals surface area contributed by atoms with Crippen LogP contribution >= 0.6 is 11.3 Å². The number of nitrogens with one attached hydrogen (secondary N) is 1. The minimum atomic E-state index is -3.04. The zero-order valence-corrected chi connectivity index (χ0v) is 17.2. The van der Waals surface area contributed by atoms with Gasteiger partial charge in [-0.2, -0.15) is 0 Å². The zero-order valence-electron chi connectivity index (χ0n) is 15.6. The van der Waals surface area contributed by atoms with Gasteiger partial charge in [0, 0.05) is 18.7 Å². The van der Waals surface area contributed by atoms with Crippen LogP contribution in [0.5, 0.6) is 0 Å². The lowest BCUT2D eigenvalue weighted by Gasteiger charge is -2.33. The highest BCUT2D eigenvalue weighted by molar-refractivity contribution is 7.91. The molecule has 9 heteroatoms. The van der Waals surface area contributed by atoms with Crippen LogP contribution in [0.4, 0.5) is 5.13 Å². The first kappa shape index (κ1) is 19.7. The second kappa shape index (κ2) is 8.40. The highest BCUT2D eigenvalue weighted by Crippen LogP contribution is 2.28. The van der Waals surface area contributed by atoms with Crippen molar-refractivity contribution in [2.75, 3.05) is 29.9 Å². The molecule has 1 atom stereocenters. The van der Waals surface area contributed by atoms with Gasteiger partial charge >= 0.3 is 0 Å². The van der Waals surface area contributed by atoms with Crippen LogP contribution in [0.2, 0.25) is 0 Å². The summed E-state index contributed by atoms with van der Waals surface area (Å²) in [6.45, 7) is 0.640. The number of aromatic nitrogens is 2. The summed E-state index contributed by atoms with van der Waals surface area (Å²) in [6, 6.07) is 18.4. The first-order valence-electron chi connectivity index (χ1n) is 9.21. The maximum Gasteiger partial charge on any atom is 0.248 e. The first-order valence-corrected chi connectivity index (χ1v) is 11.8. The van der Waals surface area contributed by atoms with E-state index in [9.17, 15) is 13.2 Å². The smallest absolute Gasteiger partial charge is 0.248 e. The number of carbonyl (C=O) groups is 1. The summed E-state index contributed by atoms with van der Waals surface area (Å²) in [6.07, 6.45) is 0. The normalized spacial score (nSPS) is 17.5. The van der Waals surface area contributed by atoms with E-state index in [0.29, 0.717) is 18.2 Å². The summed E-state index contributed by atoms with van der Waals surface area (Å²) in [5.74, 6) is -0.132. The highest BCUT2D eigenvalue weighted by Gasteiger charge is 2.33. The van der Waals surface area contributed by atoms with Crippen molar-refractivity contribution in [3.8, 4) is 10.6 Å². The lowest BCUT2D eigenvalue weighted by Crippen LogP contribution is -2.46. The number of sulfone groups is 1. The van der Waals surface area contributed by atoms with Crippen LogP contribution in [0.3, 0.4) is 0 Å². The standard InChI is InChI=1S/C20H20N4O3S2/c25-18(21-20-23-22-19(28-20)16-9-5-2-6-10-16)17(15-7-3-1-4-8-15)24-11-13-29(26,27)14-12-24/h1-10,17H,11-14H2,(H,21,23,25). The lowest BCUT2D eigenvalue weighted by atomic mass is 10.0. The third kappa shape index (κ3) is 4.69. The molecule has 4 rings (SSSR count). The Morgan fingerprint density at radius 1 is 0.966 bits per heavy atom. The molecule has 1 aliphatic rings. The fourth-order valence-electron chi connectivity index (χ4n) is 3.29. The summed E-state index contributed by atoms with van der Waals surface area (Å²) in [7, 11) is -3.04. The predicted molar refractivity (Wildman–Crippen MR) is 113 cm³/mol. The van der Waals surface area contributed by atoms with E-state index in [1.165, 1.54) is 11.3 Å². The van der Waals surface area contributed by atoms with Crippen LogP contribution in [-0.4, -0.2) is 54.0 Å². The lowest BCUT2D eigenvalue weighted by molar-refractivity contribution is -0.121. The summed E-state index contributed by atoms with van der Waals surface area (Å²) >= 11 is 1.30. The number of rotatable bonds is 5. The van der Waals surface area contributed by atoms with E-state index in [4.69, 9.17) is 0 Å². The van der Waals surface area contributed by atoms with Crippen LogP contribution in [0.25, 0.3) is 10.6 Å². The fraction of sp³-hybridized carbons (Fsp3) is 0.250. The van der Waals surface area contributed by atoms with Crippen molar-refractivity contribution >= 4 is 32.2 Å². The average Bonchev–Trinajstić information content (AvgIpc) is 3.19. The van der Waals surface area contributed by atoms with Gasteiger partial charge in [-0.1, -0.05) is 72.0 Å². The maximum atomic E-state index is 13.2. The molecule has 0 bridgehead atoms. The minimum absolute atomic E-state index is 0.0561. The zero-order chi connectivity index (χ0) is 20.3. The van der Waals surface area contributed by atoms with Gasteiger partial charge in [-0.05, 0) is 5.56 Å². The third-order valence-electron chi connectivity index (χ3n) is 4.78. The molecule has 150 valence electrons. The number of nitrogens with zero attached hydrogens (tertiary/aromatic N) is 3. The van der Waals surface area contributed by atoms with Gasteiger partial charge in [0.05, 0.1) is 11.5 Å². The van der Waals surface area contributed by atoms with Crippen molar-refractivity contribution in [2.45, 2.75) is 6.04 Å². The molecule has 0 saturated carbocycles. The molecule has 1 saturated heterocycles. The number of hydrogen-bond donors (Lipinski definition) is 1. The van der Waals surface area contributed by atoms with E-state index < -0.39 is 15.9 Å². The van der Waals surface area contributed by atoms with Gasteiger partial charge in [0.2, 0.25) is 11.0 Å². The molecule has 1 unspecified atom stereocenters. The molecule has 7 nitrogen and oxygen atoms in total. The van der Waals surface area contributed by atoms with Crippen LogP contribution in [-0.2, 0) is 14.6 Å². The Hall–Kier alpha value is -2.62. The molecule has 3 aromatic rings. The molecule has 0 radical (unpaired) electrons. The Balaban J connectivity index is 1.55. The Kier molecular flexibility index (Phi) is 5.70. The highest BCUT2D eigenvalue weighted by atomic mass is 32.2. The van der Waals surface area contributed by atoms with Crippen LogP contribution in [0.15, 0.2) is 60.7 Å². The van der Waals surface area contributed by atoms with Gasteiger partial charge in [0.1, 0.15) is 11.0 Å². The molecule has 1 amide bonds. The Morgan fingerprint density at radius 3 is 2.24 bits per heavy atom. The molecular weight excluding hydrogens is 408 g/mol. The third-order valence-corrected chi connectivity index (χ3v) is 7.28. The summed E-state index contributed by atoms with van der Waals surface area (Å²) in [4.78, 5) is 15.1. The Labute approximate surface area is 173 Å². The van der Waals surface area contributed by atoms with Gasteiger partial charge in [0.25, 0.3) is 0 Å². The van der Waals surface area contributed by atoms with Crippen LogP contribution in [0.1, 0.15) is 11.6 Å². The number of amides is 1. The van der Waals surface area contributed by atoms with Gasteiger partial charge in [0.15, 0.2) is 9.84 Å². The van der Waals surface area contributed by atoms with Crippen molar-refractivity contribution < 1.29 is 13.2 Å². The molecule has 0 spiro atoms. The fourth-order valence-corrected chi connectivity index (χ4v) is 5.27. The maximum absolute atomic E-state index is 13.2. The number of hydrogen-bond acceptors (Lipinski definition) is 7. The first-order chi connectivity index (χ1) is 14.0. The monoisotopic (exact) mass is 428 g/mol. The molecule has 1 fully saturated rings. The van der Waals surface area contributed by atoms with Crippen molar-refractivity contribution in [2.24, 2.45) is 0 Å². The van der Waals surface area contributed by atoms with Gasteiger partial charge < -0.3 is 0 Å². The van der Waals surface area contributed by atoms with Crippen LogP contribution in [0, 0.1) is 0 Å². The van der Waals surface area contributed by atoms with E-state index in [2.05, 4.69) is 15.5 Å². The molecule has 2 heterocycles. The van der Waals surface area contributed by atoms with Crippen molar-refractivity contribution in [3.05, 3.63) is 66.2 Å². The molecule has 1 N–H and O–H groups in total. The molecule has 2 aromatic carbocycles. The molecular formula is C20H20N4O3S2. The second-order valence-electron chi connectivity index (χ2n) is 6.77. The topological polar surface area (TPSA) is 92.3 Å². The van der Waals surface area contributed by atoms with Gasteiger partial charge in [-0.3, -0.25) is 15.0 Å². The summed E-state index contributed by atoms with van der Waals surface area (Å²) in [5, 5.41) is 12.3. The van der Waals surface area contributed by atoms with Crippen molar-refractivity contribution in [3.63, 3.8) is 0 Å². The second-order valence-corrected chi connectivity index (χ2v) is 10.0. The minimum Gasteiger partial charge on any atom is -0.299 e. The quantitative estimate of drug-likeness (QED) is 0.672. The number of benzene rings is 2. The molecule has 1 aromatic heterocycles. The summed E-state index contributed by atoms with van der Waals surface area (Å²) in [5.41, 5.74) is 1.75. The van der Waals surface area contributed by atoms with E-state index in [0.717, 1.165) is 16.1 Å². The van der Waals surface area contributed by atoms with Crippen molar-refractivity contribution in [1.29, 1.82) is 0 Å². The largest absolute Gasteiger partial charge is 0.299 e. The Bertz CT molecular complexity index is 1070. The number of anilines is 1. The van der Waals surface area contributed by atoms with Gasteiger partial charge in [-0.15, -0.1) is 10.2 Å². The number of carbonyl (C=O) groups excluding carboxylic acids is 1.